The molecule has 1 N–H and O–H groups in total. The number of hydrogen-bond acceptors (Lipinski definition) is 2. The Hall–Kier alpha value is -2.81. The number of fused-ring (bicyclic) bond motifs is 1. The average molecular weight is 333 g/mol. The Balaban J connectivity index is 1.69. The van der Waals surface area contributed by atoms with Gasteiger partial charge in [0.15, 0.2) is 6.10 Å². The summed E-state index contributed by atoms with van der Waals surface area (Å²) in [5, 5.41) is 5.36. The maximum atomic E-state index is 12.6. The van der Waals surface area contributed by atoms with Crippen molar-refractivity contribution in [3.63, 3.8) is 0 Å². The summed E-state index contributed by atoms with van der Waals surface area (Å²) in [4.78, 5) is 12.6. The Kier molecular flexibility index (Phi) is 5.34. The molecule has 25 heavy (non-hydrogen) atoms. The number of carbonyl (C=O) groups excluding carboxylic acids is 1. The van der Waals surface area contributed by atoms with Gasteiger partial charge in [-0.3, -0.25) is 4.79 Å². The summed E-state index contributed by atoms with van der Waals surface area (Å²) < 4.78 is 5.92. The second kappa shape index (κ2) is 7.84. The fraction of sp³-hybridized carbons (Fsp3) is 0.227. The molecule has 0 spiro atoms. The van der Waals surface area contributed by atoms with Crippen molar-refractivity contribution < 1.29 is 9.53 Å². The molecule has 3 aromatic carbocycles. The molecule has 0 unspecified atom stereocenters. The van der Waals surface area contributed by atoms with Crippen LogP contribution in [0.1, 0.15) is 24.5 Å². The number of hydrogen-bond donors (Lipinski definition) is 1. The molecule has 0 radical (unpaired) electrons. The number of carbonyl (C=O) groups is 1. The van der Waals surface area contributed by atoms with Crippen LogP contribution in [0.5, 0.6) is 5.75 Å². The lowest BCUT2D eigenvalue weighted by Gasteiger charge is -2.19. The molecule has 0 heterocycles. The lowest BCUT2D eigenvalue weighted by Crippen LogP contribution is -2.37. The molecule has 0 bridgehead atoms. The molecule has 3 rings (SSSR count). The van der Waals surface area contributed by atoms with Gasteiger partial charge in [0.2, 0.25) is 0 Å². The van der Waals surface area contributed by atoms with E-state index >= 15 is 0 Å². The highest BCUT2D eigenvalue weighted by Gasteiger charge is 2.19. The molecular formula is C22H23NO2. The van der Waals surface area contributed by atoms with E-state index in [0.717, 1.165) is 22.3 Å². The van der Waals surface area contributed by atoms with E-state index in [0.29, 0.717) is 13.0 Å². The predicted molar refractivity (Wildman–Crippen MR) is 102 cm³/mol. The molecule has 0 fully saturated rings. The van der Waals surface area contributed by atoms with Gasteiger partial charge in [0.25, 0.3) is 5.91 Å². The fourth-order valence-electron chi connectivity index (χ4n) is 2.91. The molecule has 0 aliphatic rings. The minimum absolute atomic E-state index is 0.0845. The van der Waals surface area contributed by atoms with E-state index in [9.17, 15) is 4.79 Å². The zero-order chi connectivity index (χ0) is 17.6. The van der Waals surface area contributed by atoms with E-state index < -0.39 is 6.10 Å². The Labute approximate surface area is 148 Å². The van der Waals surface area contributed by atoms with Crippen molar-refractivity contribution in [2.45, 2.75) is 32.9 Å². The van der Waals surface area contributed by atoms with Gasteiger partial charge in [-0.15, -0.1) is 0 Å². The average Bonchev–Trinajstić information content (AvgIpc) is 2.65. The number of aryl methyl sites for hydroxylation is 1. The Morgan fingerprint density at radius 2 is 1.72 bits per heavy atom. The first-order valence-corrected chi connectivity index (χ1v) is 8.65. The normalized spacial score (nSPS) is 11.9. The minimum Gasteiger partial charge on any atom is -0.480 e. The van der Waals surface area contributed by atoms with Crippen molar-refractivity contribution in [3.05, 3.63) is 77.9 Å². The smallest absolute Gasteiger partial charge is 0.261 e. The van der Waals surface area contributed by atoms with Crippen LogP contribution in [-0.2, 0) is 11.3 Å². The molecule has 3 heteroatoms. The summed E-state index contributed by atoms with van der Waals surface area (Å²) in [7, 11) is 0. The van der Waals surface area contributed by atoms with Gasteiger partial charge < -0.3 is 10.1 Å². The highest BCUT2D eigenvalue weighted by molar-refractivity contribution is 5.86. The molecular weight excluding hydrogens is 310 g/mol. The molecule has 0 saturated heterocycles. The van der Waals surface area contributed by atoms with Crippen LogP contribution in [-0.4, -0.2) is 12.0 Å². The molecule has 3 aromatic rings. The monoisotopic (exact) mass is 333 g/mol. The van der Waals surface area contributed by atoms with Gasteiger partial charge in [-0.1, -0.05) is 67.6 Å². The Morgan fingerprint density at radius 1 is 1.00 bits per heavy atom. The van der Waals surface area contributed by atoms with Gasteiger partial charge >= 0.3 is 0 Å². The molecule has 0 aromatic heterocycles. The summed E-state index contributed by atoms with van der Waals surface area (Å²) in [6.07, 6.45) is 0.131. The highest BCUT2D eigenvalue weighted by atomic mass is 16.5. The third-order valence-corrected chi connectivity index (χ3v) is 4.36. The number of nitrogens with one attached hydrogen (secondary N) is 1. The van der Waals surface area contributed by atoms with Crippen molar-refractivity contribution in [2.24, 2.45) is 0 Å². The van der Waals surface area contributed by atoms with Crippen molar-refractivity contribution in [2.75, 3.05) is 0 Å². The number of amides is 1. The topological polar surface area (TPSA) is 38.3 Å². The molecule has 128 valence electrons. The standard InChI is InChI=1S/C22H23NO2/c1-3-20(25-21-14-7-4-9-16(21)2)22(24)23-15-18-12-8-11-17-10-5-6-13-19(17)18/h4-14,20H,3,15H2,1-2H3,(H,23,24)/t20-/m0/s1. The SMILES string of the molecule is CC[C@H](Oc1ccccc1C)C(=O)NCc1cccc2ccccc12. The lowest BCUT2D eigenvalue weighted by molar-refractivity contribution is -0.128. The van der Waals surface area contributed by atoms with Crippen LogP contribution in [0.25, 0.3) is 10.8 Å². The summed E-state index contributed by atoms with van der Waals surface area (Å²) in [5.74, 6) is 0.674. The van der Waals surface area contributed by atoms with Crippen LogP contribution in [0, 0.1) is 6.92 Å². The maximum absolute atomic E-state index is 12.6. The summed E-state index contributed by atoms with van der Waals surface area (Å²) in [6, 6.07) is 22.1. The van der Waals surface area contributed by atoms with Crippen molar-refractivity contribution in [1.82, 2.24) is 5.32 Å². The fourth-order valence-corrected chi connectivity index (χ4v) is 2.91. The van der Waals surface area contributed by atoms with Gasteiger partial charge in [-0.25, -0.2) is 0 Å². The van der Waals surface area contributed by atoms with Crippen LogP contribution < -0.4 is 10.1 Å². The van der Waals surface area contributed by atoms with E-state index in [1.807, 2.05) is 62.4 Å². The minimum atomic E-state index is -0.490. The molecule has 1 amide bonds. The maximum Gasteiger partial charge on any atom is 0.261 e. The van der Waals surface area contributed by atoms with Crippen molar-refractivity contribution in [3.8, 4) is 5.75 Å². The Bertz CT molecular complexity index is 867. The van der Waals surface area contributed by atoms with Gasteiger partial charge in [0, 0.05) is 6.54 Å². The van der Waals surface area contributed by atoms with Gasteiger partial charge in [0.1, 0.15) is 5.75 Å². The third-order valence-electron chi connectivity index (χ3n) is 4.36. The lowest BCUT2D eigenvalue weighted by atomic mass is 10.0. The molecule has 0 aliphatic carbocycles. The van der Waals surface area contributed by atoms with Gasteiger partial charge in [0.05, 0.1) is 0 Å². The van der Waals surface area contributed by atoms with Crippen molar-refractivity contribution in [1.29, 1.82) is 0 Å². The zero-order valence-electron chi connectivity index (χ0n) is 14.7. The first-order valence-electron chi connectivity index (χ1n) is 8.65. The third kappa shape index (κ3) is 4.00. The molecule has 1 atom stereocenters. The zero-order valence-corrected chi connectivity index (χ0v) is 14.7. The molecule has 0 saturated carbocycles. The number of benzene rings is 3. The van der Waals surface area contributed by atoms with Crippen LogP contribution in [0.3, 0.4) is 0 Å². The number of para-hydroxylation sites is 1. The van der Waals surface area contributed by atoms with Crippen LogP contribution in [0.2, 0.25) is 0 Å². The second-order valence-corrected chi connectivity index (χ2v) is 6.14. The Morgan fingerprint density at radius 3 is 2.52 bits per heavy atom. The summed E-state index contributed by atoms with van der Waals surface area (Å²) >= 11 is 0. The van der Waals surface area contributed by atoms with Crippen LogP contribution >= 0.6 is 0 Å². The molecule has 0 aliphatic heterocycles. The van der Waals surface area contributed by atoms with E-state index in [-0.39, 0.29) is 5.91 Å². The van der Waals surface area contributed by atoms with E-state index in [1.165, 1.54) is 5.39 Å². The van der Waals surface area contributed by atoms with Crippen LogP contribution in [0.4, 0.5) is 0 Å². The summed E-state index contributed by atoms with van der Waals surface area (Å²) in [6.45, 7) is 4.43. The highest BCUT2D eigenvalue weighted by Crippen LogP contribution is 2.20. The number of ether oxygens (including phenoxy) is 1. The van der Waals surface area contributed by atoms with Crippen molar-refractivity contribution >= 4 is 16.7 Å². The van der Waals surface area contributed by atoms with Gasteiger partial charge in [-0.05, 0) is 41.3 Å². The quantitative estimate of drug-likeness (QED) is 0.715. The number of rotatable bonds is 6. The molecule has 3 nitrogen and oxygen atoms in total. The largest absolute Gasteiger partial charge is 0.480 e. The van der Waals surface area contributed by atoms with Crippen LogP contribution in [0.15, 0.2) is 66.7 Å². The van der Waals surface area contributed by atoms with E-state index in [1.54, 1.807) is 0 Å². The first kappa shape index (κ1) is 17.0. The first-order chi connectivity index (χ1) is 12.2. The predicted octanol–water partition coefficient (Wildman–Crippen LogP) is 4.62. The van der Waals surface area contributed by atoms with E-state index in [2.05, 4.69) is 23.5 Å². The van der Waals surface area contributed by atoms with Gasteiger partial charge in [-0.2, -0.15) is 0 Å². The van der Waals surface area contributed by atoms with E-state index in [4.69, 9.17) is 4.74 Å². The summed E-state index contributed by atoms with van der Waals surface area (Å²) in [5.41, 5.74) is 2.14. The second-order valence-electron chi connectivity index (χ2n) is 6.14.